The van der Waals surface area contributed by atoms with Crippen molar-refractivity contribution in [1.82, 2.24) is 9.80 Å². The number of amides is 1. The van der Waals surface area contributed by atoms with Gasteiger partial charge >= 0.3 is 0 Å². The van der Waals surface area contributed by atoms with E-state index in [4.69, 9.17) is 0 Å². The fraction of sp³-hybridized carbons (Fsp3) is 0.941. The summed E-state index contributed by atoms with van der Waals surface area (Å²) in [5, 5.41) is 9.65. The van der Waals surface area contributed by atoms with Crippen molar-refractivity contribution < 1.29 is 9.90 Å². The molecule has 3 aliphatic rings. The predicted molar refractivity (Wildman–Crippen MR) is 82.9 cm³/mol. The van der Waals surface area contributed by atoms with Crippen molar-refractivity contribution in [3.05, 3.63) is 0 Å². The van der Waals surface area contributed by atoms with Crippen LogP contribution in [0.25, 0.3) is 0 Å². The number of likely N-dealkylation sites (tertiary alicyclic amines) is 1. The first-order valence-electron chi connectivity index (χ1n) is 8.78. The Labute approximate surface area is 128 Å². The second-order valence-corrected chi connectivity index (χ2v) is 7.45. The maximum absolute atomic E-state index is 12.8. The first-order chi connectivity index (χ1) is 10.1. The van der Waals surface area contributed by atoms with Crippen LogP contribution in [-0.4, -0.2) is 58.6 Å². The molecule has 2 aliphatic carbocycles. The van der Waals surface area contributed by atoms with Gasteiger partial charge in [0.1, 0.15) is 0 Å². The Morgan fingerprint density at radius 2 is 2.00 bits per heavy atom. The minimum absolute atomic E-state index is 0.167. The summed E-state index contributed by atoms with van der Waals surface area (Å²) >= 11 is 0. The molecule has 3 unspecified atom stereocenters. The highest BCUT2D eigenvalue weighted by molar-refractivity contribution is 5.79. The van der Waals surface area contributed by atoms with Crippen molar-refractivity contribution >= 4 is 5.91 Å². The summed E-state index contributed by atoms with van der Waals surface area (Å²) in [4.78, 5) is 17.3. The van der Waals surface area contributed by atoms with Gasteiger partial charge < -0.3 is 10.0 Å². The van der Waals surface area contributed by atoms with Crippen molar-refractivity contribution in [1.29, 1.82) is 0 Å². The molecule has 2 saturated carbocycles. The van der Waals surface area contributed by atoms with Gasteiger partial charge in [0.05, 0.1) is 13.2 Å². The molecule has 0 aromatic heterocycles. The van der Waals surface area contributed by atoms with Gasteiger partial charge in [-0.2, -0.15) is 0 Å². The molecule has 0 aromatic carbocycles. The number of carbonyl (C=O) groups excluding carboxylic acids is 1. The molecule has 0 aromatic rings. The van der Waals surface area contributed by atoms with Crippen LogP contribution in [0.3, 0.4) is 0 Å². The normalized spacial score (nSPS) is 32.0. The van der Waals surface area contributed by atoms with Gasteiger partial charge in [-0.15, -0.1) is 0 Å². The summed E-state index contributed by atoms with van der Waals surface area (Å²) in [5.41, 5.74) is 0. The summed E-state index contributed by atoms with van der Waals surface area (Å²) in [5.74, 6) is 1.53. The molecule has 0 radical (unpaired) electrons. The second kappa shape index (κ2) is 6.25. The van der Waals surface area contributed by atoms with Crippen LogP contribution in [0.15, 0.2) is 0 Å². The summed E-state index contributed by atoms with van der Waals surface area (Å²) in [6, 6.07) is 1.09. The minimum atomic E-state index is 0.167. The van der Waals surface area contributed by atoms with E-state index in [1.807, 2.05) is 0 Å². The molecule has 1 N–H and O–H groups in total. The monoisotopic (exact) mass is 294 g/mol. The van der Waals surface area contributed by atoms with Gasteiger partial charge in [0.25, 0.3) is 0 Å². The smallest absolute Gasteiger partial charge is 0.237 e. The summed E-state index contributed by atoms with van der Waals surface area (Å²) in [6.07, 6.45) is 7.26. The molecule has 1 saturated heterocycles. The number of rotatable bonds is 6. The van der Waals surface area contributed by atoms with Crippen LogP contribution >= 0.6 is 0 Å². The molecule has 1 aliphatic heterocycles. The molecule has 4 nitrogen and oxygen atoms in total. The van der Waals surface area contributed by atoms with Gasteiger partial charge in [-0.1, -0.05) is 6.92 Å². The van der Waals surface area contributed by atoms with Gasteiger partial charge in [0.2, 0.25) is 5.91 Å². The highest BCUT2D eigenvalue weighted by atomic mass is 16.3. The molecule has 3 fully saturated rings. The Bertz CT molecular complexity index is 379. The molecule has 120 valence electrons. The standard InChI is InChI=1S/C17H30N2O2/c1-12-4-3-9-18(16(12)11-20)10-17(21)19(15-7-8-15)13(2)14-5-6-14/h12-16,20H,3-11H2,1-2H3. The Hall–Kier alpha value is -0.610. The maximum atomic E-state index is 12.8. The van der Waals surface area contributed by atoms with E-state index in [-0.39, 0.29) is 12.6 Å². The van der Waals surface area contributed by atoms with Crippen LogP contribution in [0.1, 0.15) is 52.4 Å². The third kappa shape index (κ3) is 3.42. The number of carbonyl (C=O) groups is 1. The van der Waals surface area contributed by atoms with E-state index in [1.54, 1.807) is 0 Å². The van der Waals surface area contributed by atoms with Crippen LogP contribution in [-0.2, 0) is 4.79 Å². The molecule has 21 heavy (non-hydrogen) atoms. The number of hydrogen-bond acceptors (Lipinski definition) is 3. The SMILES string of the molecule is CC1CCCN(CC(=O)N(C2CC2)C(C)C2CC2)C1CO. The highest BCUT2D eigenvalue weighted by Crippen LogP contribution is 2.40. The Morgan fingerprint density at radius 1 is 1.29 bits per heavy atom. The van der Waals surface area contributed by atoms with Gasteiger partial charge in [0.15, 0.2) is 0 Å². The van der Waals surface area contributed by atoms with Crippen LogP contribution in [0, 0.1) is 11.8 Å². The summed E-state index contributed by atoms with van der Waals surface area (Å²) in [7, 11) is 0. The summed E-state index contributed by atoms with van der Waals surface area (Å²) < 4.78 is 0. The topological polar surface area (TPSA) is 43.8 Å². The fourth-order valence-corrected chi connectivity index (χ4v) is 4.00. The van der Waals surface area contributed by atoms with Crippen LogP contribution in [0.2, 0.25) is 0 Å². The number of aliphatic hydroxyl groups excluding tert-OH is 1. The molecule has 0 bridgehead atoms. The zero-order valence-corrected chi connectivity index (χ0v) is 13.5. The predicted octanol–water partition coefficient (Wildman–Crippen LogP) is 1.87. The Morgan fingerprint density at radius 3 is 2.57 bits per heavy atom. The highest BCUT2D eigenvalue weighted by Gasteiger charge is 2.42. The molecular weight excluding hydrogens is 264 g/mol. The lowest BCUT2D eigenvalue weighted by atomic mass is 9.91. The van der Waals surface area contributed by atoms with Crippen LogP contribution in [0.5, 0.6) is 0 Å². The van der Waals surface area contributed by atoms with Gasteiger partial charge in [0, 0.05) is 18.1 Å². The van der Waals surface area contributed by atoms with Crippen molar-refractivity contribution in [2.45, 2.75) is 70.5 Å². The molecule has 0 spiro atoms. The Kier molecular flexibility index (Phi) is 4.55. The lowest BCUT2D eigenvalue weighted by Gasteiger charge is -2.40. The third-order valence-corrected chi connectivity index (χ3v) is 5.73. The van der Waals surface area contributed by atoms with E-state index >= 15 is 0 Å². The molecule has 1 amide bonds. The van der Waals surface area contributed by atoms with E-state index in [0.29, 0.717) is 30.5 Å². The van der Waals surface area contributed by atoms with Gasteiger partial charge in [-0.05, 0) is 63.8 Å². The van der Waals surface area contributed by atoms with Crippen molar-refractivity contribution in [2.75, 3.05) is 19.7 Å². The molecule has 1 heterocycles. The quantitative estimate of drug-likeness (QED) is 0.813. The fourth-order valence-electron chi connectivity index (χ4n) is 4.00. The lowest BCUT2D eigenvalue weighted by molar-refractivity contribution is -0.137. The third-order valence-electron chi connectivity index (χ3n) is 5.73. The van der Waals surface area contributed by atoms with Crippen molar-refractivity contribution in [3.63, 3.8) is 0 Å². The largest absolute Gasteiger partial charge is 0.395 e. The number of hydrogen-bond donors (Lipinski definition) is 1. The molecule has 3 atom stereocenters. The zero-order valence-electron chi connectivity index (χ0n) is 13.5. The average molecular weight is 294 g/mol. The van der Waals surface area contributed by atoms with E-state index in [1.165, 1.54) is 32.1 Å². The molecular formula is C17H30N2O2. The summed E-state index contributed by atoms with van der Waals surface area (Å²) in [6.45, 7) is 6.07. The number of piperidine rings is 1. The van der Waals surface area contributed by atoms with E-state index in [9.17, 15) is 9.90 Å². The van der Waals surface area contributed by atoms with E-state index < -0.39 is 0 Å². The Balaban J connectivity index is 1.62. The van der Waals surface area contributed by atoms with E-state index in [0.717, 1.165) is 18.9 Å². The lowest BCUT2D eigenvalue weighted by Crippen LogP contribution is -2.53. The average Bonchev–Trinajstić information content (AvgIpc) is 3.31. The van der Waals surface area contributed by atoms with Crippen molar-refractivity contribution in [3.8, 4) is 0 Å². The number of aliphatic hydroxyl groups is 1. The zero-order chi connectivity index (χ0) is 15.0. The maximum Gasteiger partial charge on any atom is 0.237 e. The van der Waals surface area contributed by atoms with Crippen LogP contribution < -0.4 is 0 Å². The van der Waals surface area contributed by atoms with Crippen LogP contribution in [0.4, 0.5) is 0 Å². The first-order valence-corrected chi connectivity index (χ1v) is 8.78. The van der Waals surface area contributed by atoms with Crippen molar-refractivity contribution in [2.24, 2.45) is 11.8 Å². The molecule has 3 rings (SSSR count). The second-order valence-electron chi connectivity index (χ2n) is 7.45. The van der Waals surface area contributed by atoms with E-state index in [2.05, 4.69) is 23.6 Å². The molecule has 4 heteroatoms. The number of nitrogens with zero attached hydrogens (tertiary/aromatic N) is 2. The first kappa shape index (κ1) is 15.3. The minimum Gasteiger partial charge on any atom is -0.395 e. The van der Waals surface area contributed by atoms with Gasteiger partial charge in [-0.25, -0.2) is 0 Å². The van der Waals surface area contributed by atoms with Gasteiger partial charge in [-0.3, -0.25) is 9.69 Å².